The zero-order chi connectivity index (χ0) is 13.0. The van der Waals surface area contributed by atoms with Crippen LogP contribution in [-0.2, 0) is 0 Å². The van der Waals surface area contributed by atoms with Gasteiger partial charge >= 0.3 is 0 Å². The van der Waals surface area contributed by atoms with Gasteiger partial charge in [-0.15, -0.1) is 0 Å². The Bertz CT molecular complexity index is 566. The van der Waals surface area contributed by atoms with E-state index < -0.39 is 0 Å². The number of nitrogens with one attached hydrogen (secondary N) is 2. The summed E-state index contributed by atoms with van der Waals surface area (Å²) in [5.41, 5.74) is 12.3. The summed E-state index contributed by atoms with van der Waals surface area (Å²) in [6, 6.07) is 9.48. The smallest absolute Gasteiger partial charge is 0.276 e. The van der Waals surface area contributed by atoms with Gasteiger partial charge in [-0.3, -0.25) is 4.79 Å². The van der Waals surface area contributed by atoms with Crippen LogP contribution in [0.2, 0.25) is 0 Å². The molecule has 0 radical (unpaired) electrons. The lowest BCUT2D eigenvalue weighted by atomic mass is 10.1. The Morgan fingerprint density at radius 2 is 2.06 bits per heavy atom. The number of hydrogen-bond donors (Lipinski definition) is 4. The molecule has 1 aromatic carbocycles. The van der Waals surface area contributed by atoms with Crippen molar-refractivity contribution in [1.82, 2.24) is 9.97 Å². The van der Waals surface area contributed by atoms with Crippen molar-refractivity contribution in [1.29, 1.82) is 0 Å². The summed E-state index contributed by atoms with van der Waals surface area (Å²) in [4.78, 5) is 17.6. The summed E-state index contributed by atoms with van der Waals surface area (Å²) < 4.78 is 0. The first-order valence-electron chi connectivity index (χ1n) is 5.56. The minimum Gasteiger partial charge on any atom is -0.391 e. The van der Waals surface area contributed by atoms with Crippen LogP contribution in [0.5, 0.6) is 0 Å². The van der Waals surface area contributed by atoms with Crippen LogP contribution in [0.15, 0.2) is 41.5 Å². The molecule has 94 valence electrons. The van der Waals surface area contributed by atoms with Crippen molar-refractivity contribution in [3.05, 3.63) is 52.6 Å². The Labute approximate surface area is 104 Å². The van der Waals surface area contributed by atoms with E-state index in [0.29, 0.717) is 12.4 Å². The van der Waals surface area contributed by atoms with E-state index in [-0.39, 0.29) is 17.3 Å². The molecule has 0 bridgehead atoms. The number of aromatic amines is 1. The molecular weight excluding hydrogens is 230 g/mol. The van der Waals surface area contributed by atoms with Crippen molar-refractivity contribution in [2.75, 3.05) is 17.6 Å². The Balaban J connectivity index is 2.04. The molecule has 6 nitrogen and oxygen atoms in total. The molecule has 1 unspecified atom stereocenters. The summed E-state index contributed by atoms with van der Waals surface area (Å²) in [7, 11) is 0. The zero-order valence-corrected chi connectivity index (χ0v) is 9.76. The van der Waals surface area contributed by atoms with Crippen LogP contribution in [-0.4, -0.2) is 16.5 Å². The number of H-pyrrole nitrogens is 1. The third kappa shape index (κ3) is 2.67. The normalized spacial score (nSPS) is 12.1. The minimum atomic E-state index is -0.360. The molecule has 1 atom stereocenters. The van der Waals surface area contributed by atoms with Crippen LogP contribution in [0.3, 0.4) is 0 Å². The average molecular weight is 245 g/mol. The molecule has 6 heteroatoms. The number of rotatable bonds is 4. The highest BCUT2D eigenvalue weighted by Crippen LogP contribution is 2.12. The molecule has 0 aliphatic rings. The number of nitrogens with zero attached hydrogens (tertiary/aromatic N) is 1. The Morgan fingerprint density at radius 1 is 1.33 bits per heavy atom. The lowest BCUT2D eigenvalue weighted by Crippen LogP contribution is -2.23. The topological polar surface area (TPSA) is 110 Å². The van der Waals surface area contributed by atoms with Crippen molar-refractivity contribution in [3.8, 4) is 0 Å². The molecule has 18 heavy (non-hydrogen) atoms. The fourth-order valence-corrected chi connectivity index (χ4v) is 1.58. The minimum absolute atomic E-state index is 0.0674. The van der Waals surface area contributed by atoms with Crippen LogP contribution in [0.1, 0.15) is 11.6 Å². The van der Waals surface area contributed by atoms with Crippen LogP contribution in [0.25, 0.3) is 0 Å². The van der Waals surface area contributed by atoms with Crippen LogP contribution < -0.4 is 22.3 Å². The summed E-state index contributed by atoms with van der Waals surface area (Å²) in [5.74, 6) is 0.352. The van der Waals surface area contributed by atoms with Crippen molar-refractivity contribution >= 4 is 11.5 Å². The maximum atomic E-state index is 11.3. The van der Waals surface area contributed by atoms with Gasteiger partial charge in [0.2, 0.25) is 0 Å². The molecule has 0 fully saturated rings. The first kappa shape index (κ1) is 12.1. The number of nitrogen functional groups attached to an aromatic ring is 1. The summed E-state index contributed by atoms with van der Waals surface area (Å²) in [5, 5.41) is 2.97. The number of anilines is 2. The quantitative estimate of drug-likeness (QED) is 0.625. The van der Waals surface area contributed by atoms with Gasteiger partial charge < -0.3 is 21.8 Å². The van der Waals surface area contributed by atoms with E-state index in [2.05, 4.69) is 15.3 Å². The van der Waals surface area contributed by atoms with Gasteiger partial charge in [0.05, 0.1) is 6.33 Å². The van der Waals surface area contributed by atoms with Gasteiger partial charge in [0.15, 0.2) is 5.82 Å². The summed E-state index contributed by atoms with van der Waals surface area (Å²) >= 11 is 0. The van der Waals surface area contributed by atoms with Gasteiger partial charge in [0.25, 0.3) is 5.56 Å². The first-order chi connectivity index (χ1) is 8.68. The predicted octanol–water partition coefficient (Wildman–Crippen LogP) is 0.464. The second kappa shape index (κ2) is 5.33. The largest absolute Gasteiger partial charge is 0.391 e. The standard InChI is InChI=1S/C12H15N5O/c13-9(8-4-2-1-3-5-8)6-15-11-10(14)12(18)17-7-16-11/h1-5,7,9H,6,13-14H2,(H2,15,16,17,18). The monoisotopic (exact) mass is 245 g/mol. The van der Waals surface area contributed by atoms with Crippen LogP contribution >= 0.6 is 0 Å². The number of aromatic nitrogens is 2. The fraction of sp³-hybridized carbons (Fsp3) is 0.167. The van der Waals surface area contributed by atoms with E-state index in [4.69, 9.17) is 11.5 Å². The number of benzene rings is 1. The molecular formula is C12H15N5O. The molecule has 0 amide bonds. The lowest BCUT2D eigenvalue weighted by Gasteiger charge is -2.14. The molecule has 6 N–H and O–H groups in total. The fourth-order valence-electron chi connectivity index (χ4n) is 1.58. The molecule has 0 aliphatic heterocycles. The Kier molecular flexibility index (Phi) is 3.59. The zero-order valence-electron chi connectivity index (χ0n) is 9.76. The summed E-state index contributed by atoms with van der Waals surface area (Å²) in [6.07, 6.45) is 1.30. The SMILES string of the molecule is Nc1c(NCC(N)c2ccccc2)nc[nH]c1=O. The van der Waals surface area contributed by atoms with Crippen molar-refractivity contribution < 1.29 is 0 Å². The maximum Gasteiger partial charge on any atom is 0.276 e. The average Bonchev–Trinajstić information content (AvgIpc) is 2.41. The lowest BCUT2D eigenvalue weighted by molar-refractivity contribution is 0.761. The Hall–Kier alpha value is -2.34. The summed E-state index contributed by atoms with van der Waals surface area (Å²) in [6.45, 7) is 0.449. The van der Waals surface area contributed by atoms with E-state index in [1.807, 2.05) is 30.3 Å². The highest BCUT2D eigenvalue weighted by molar-refractivity contribution is 5.58. The highest BCUT2D eigenvalue weighted by atomic mass is 16.1. The molecule has 0 saturated carbocycles. The predicted molar refractivity (Wildman–Crippen MR) is 71.1 cm³/mol. The van der Waals surface area contributed by atoms with E-state index in [1.165, 1.54) is 6.33 Å². The van der Waals surface area contributed by atoms with E-state index in [0.717, 1.165) is 5.56 Å². The van der Waals surface area contributed by atoms with Gasteiger partial charge in [0, 0.05) is 12.6 Å². The molecule has 2 aromatic rings. The molecule has 0 saturated heterocycles. The van der Waals surface area contributed by atoms with Crippen molar-refractivity contribution in [2.24, 2.45) is 5.73 Å². The van der Waals surface area contributed by atoms with Crippen LogP contribution in [0.4, 0.5) is 11.5 Å². The second-order valence-corrected chi connectivity index (χ2v) is 3.89. The first-order valence-corrected chi connectivity index (χ1v) is 5.56. The van der Waals surface area contributed by atoms with Crippen molar-refractivity contribution in [2.45, 2.75) is 6.04 Å². The Morgan fingerprint density at radius 3 is 2.78 bits per heavy atom. The number of hydrogen-bond acceptors (Lipinski definition) is 5. The molecule has 0 aliphatic carbocycles. The van der Waals surface area contributed by atoms with Gasteiger partial charge in [0.1, 0.15) is 5.69 Å². The number of nitrogens with two attached hydrogens (primary N) is 2. The molecule has 2 rings (SSSR count). The van der Waals surface area contributed by atoms with E-state index in [9.17, 15) is 4.79 Å². The van der Waals surface area contributed by atoms with E-state index >= 15 is 0 Å². The third-order valence-corrected chi connectivity index (χ3v) is 2.61. The molecule has 0 spiro atoms. The second-order valence-electron chi connectivity index (χ2n) is 3.89. The van der Waals surface area contributed by atoms with Gasteiger partial charge in [-0.1, -0.05) is 30.3 Å². The van der Waals surface area contributed by atoms with Gasteiger partial charge in [-0.05, 0) is 5.56 Å². The highest BCUT2D eigenvalue weighted by Gasteiger charge is 2.08. The third-order valence-electron chi connectivity index (χ3n) is 2.61. The van der Waals surface area contributed by atoms with Crippen molar-refractivity contribution in [3.63, 3.8) is 0 Å². The van der Waals surface area contributed by atoms with Crippen LogP contribution in [0, 0.1) is 0 Å². The molecule has 1 aromatic heterocycles. The molecule has 1 heterocycles. The van der Waals surface area contributed by atoms with Gasteiger partial charge in [-0.25, -0.2) is 4.98 Å². The van der Waals surface area contributed by atoms with E-state index in [1.54, 1.807) is 0 Å². The van der Waals surface area contributed by atoms with Gasteiger partial charge in [-0.2, -0.15) is 0 Å². The maximum absolute atomic E-state index is 11.3.